The summed E-state index contributed by atoms with van der Waals surface area (Å²) in [5.41, 5.74) is 1.95. The minimum Gasteiger partial charge on any atom is -0.447 e. The number of carbonyl (C=O) groups excluding carboxylic acids is 1. The highest BCUT2D eigenvalue weighted by Gasteiger charge is 2.23. The van der Waals surface area contributed by atoms with Crippen LogP contribution in [0.4, 0.5) is 10.5 Å². The number of aliphatic hydroxyl groups is 1. The summed E-state index contributed by atoms with van der Waals surface area (Å²) in [4.78, 5) is 13.3. The fourth-order valence-electron chi connectivity index (χ4n) is 2.65. The molecule has 0 spiro atoms. The first-order valence-corrected chi connectivity index (χ1v) is 7.93. The summed E-state index contributed by atoms with van der Waals surface area (Å²) in [6, 6.07) is 7.99. The van der Waals surface area contributed by atoms with Gasteiger partial charge in [0.05, 0.1) is 12.6 Å². The third-order valence-corrected chi connectivity index (χ3v) is 3.85. The van der Waals surface area contributed by atoms with Crippen molar-refractivity contribution in [1.29, 1.82) is 0 Å². The molecule has 1 aromatic carbocycles. The van der Waals surface area contributed by atoms with Crippen LogP contribution in [0.3, 0.4) is 0 Å². The summed E-state index contributed by atoms with van der Waals surface area (Å²) >= 11 is 0. The first-order chi connectivity index (χ1) is 10.5. The van der Waals surface area contributed by atoms with E-state index in [0.29, 0.717) is 25.6 Å². The van der Waals surface area contributed by atoms with Gasteiger partial charge >= 0.3 is 6.09 Å². The van der Waals surface area contributed by atoms with Crippen LogP contribution in [0.25, 0.3) is 0 Å². The molecule has 1 saturated heterocycles. The quantitative estimate of drug-likeness (QED) is 0.813. The van der Waals surface area contributed by atoms with Crippen molar-refractivity contribution in [2.24, 2.45) is 5.92 Å². The Kier molecular flexibility index (Phi) is 5.80. The molecule has 2 rings (SSSR count). The zero-order valence-corrected chi connectivity index (χ0v) is 13.6. The van der Waals surface area contributed by atoms with Gasteiger partial charge in [-0.1, -0.05) is 26.0 Å². The molecule has 5 nitrogen and oxygen atoms in total. The maximum Gasteiger partial charge on any atom is 0.414 e. The van der Waals surface area contributed by atoms with Gasteiger partial charge < -0.3 is 15.2 Å². The molecule has 0 radical (unpaired) electrons. The molecule has 1 heterocycles. The first kappa shape index (κ1) is 16.8. The van der Waals surface area contributed by atoms with Crippen molar-refractivity contribution < 1.29 is 14.6 Å². The van der Waals surface area contributed by atoms with Crippen molar-refractivity contribution in [2.75, 3.05) is 24.6 Å². The molecule has 0 bridgehead atoms. The summed E-state index contributed by atoms with van der Waals surface area (Å²) in [6.45, 7) is 7.87. The molecule has 1 aliphatic heterocycles. The SMILES string of the molecule is CC(C)CC(O)CNC(C)c1cccc(N2CCOC2=O)c1. The Balaban J connectivity index is 1.95. The summed E-state index contributed by atoms with van der Waals surface area (Å²) < 4.78 is 4.97. The molecule has 0 saturated carbocycles. The van der Waals surface area contributed by atoms with Gasteiger partial charge in [0.25, 0.3) is 0 Å². The molecule has 2 atom stereocenters. The number of anilines is 1. The van der Waals surface area contributed by atoms with E-state index in [1.54, 1.807) is 4.90 Å². The molecule has 1 aromatic rings. The van der Waals surface area contributed by atoms with Crippen molar-refractivity contribution >= 4 is 11.8 Å². The minimum atomic E-state index is -0.334. The lowest BCUT2D eigenvalue weighted by atomic mass is 10.0. The Hall–Kier alpha value is -1.59. The van der Waals surface area contributed by atoms with Crippen LogP contribution in [-0.2, 0) is 4.74 Å². The number of amides is 1. The topological polar surface area (TPSA) is 61.8 Å². The lowest BCUT2D eigenvalue weighted by Crippen LogP contribution is -2.30. The number of nitrogens with one attached hydrogen (secondary N) is 1. The molecule has 1 fully saturated rings. The molecule has 2 N–H and O–H groups in total. The van der Waals surface area contributed by atoms with Crippen LogP contribution in [-0.4, -0.2) is 37.0 Å². The zero-order valence-electron chi connectivity index (χ0n) is 13.6. The monoisotopic (exact) mass is 306 g/mol. The zero-order chi connectivity index (χ0) is 16.1. The number of carbonyl (C=O) groups is 1. The molecule has 1 aliphatic rings. The van der Waals surface area contributed by atoms with Crippen LogP contribution in [0.15, 0.2) is 24.3 Å². The van der Waals surface area contributed by atoms with Crippen molar-refractivity contribution in [1.82, 2.24) is 5.32 Å². The number of nitrogens with zero attached hydrogens (tertiary/aromatic N) is 1. The standard InChI is InChI=1S/C17H26N2O3/c1-12(2)9-16(20)11-18-13(3)14-5-4-6-15(10-14)19-7-8-22-17(19)21/h4-6,10,12-13,16,18,20H,7-9,11H2,1-3H3. The highest BCUT2D eigenvalue weighted by atomic mass is 16.6. The van der Waals surface area contributed by atoms with E-state index in [1.165, 1.54) is 0 Å². The molecular formula is C17H26N2O3. The van der Waals surface area contributed by atoms with Gasteiger partial charge in [0.15, 0.2) is 0 Å². The van der Waals surface area contributed by atoms with Crippen LogP contribution >= 0.6 is 0 Å². The lowest BCUT2D eigenvalue weighted by molar-refractivity contribution is 0.143. The number of hydrogen-bond acceptors (Lipinski definition) is 4. The summed E-state index contributed by atoms with van der Waals surface area (Å²) in [5.74, 6) is 0.483. The number of hydrogen-bond donors (Lipinski definition) is 2. The minimum absolute atomic E-state index is 0.111. The van der Waals surface area contributed by atoms with E-state index in [9.17, 15) is 9.90 Å². The van der Waals surface area contributed by atoms with E-state index in [-0.39, 0.29) is 18.2 Å². The molecule has 1 amide bonds. The van der Waals surface area contributed by atoms with Gasteiger partial charge in [-0.3, -0.25) is 4.90 Å². The molecule has 0 aromatic heterocycles. The van der Waals surface area contributed by atoms with Gasteiger partial charge in [0.1, 0.15) is 6.61 Å². The van der Waals surface area contributed by atoms with Gasteiger partial charge in [-0.2, -0.15) is 0 Å². The summed E-state index contributed by atoms with van der Waals surface area (Å²) in [6.07, 6.45) is 0.170. The van der Waals surface area contributed by atoms with E-state index in [4.69, 9.17) is 4.74 Å². The van der Waals surface area contributed by atoms with Gasteiger partial charge in [-0.05, 0) is 37.0 Å². The molecule has 5 heteroatoms. The summed E-state index contributed by atoms with van der Waals surface area (Å²) in [5, 5.41) is 13.3. The number of cyclic esters (lactones) is 1. The number of ether oxygens (including phenoxy) is 1. The van der Waals surface area contributed by atoms with Crippen molar-refractivity contribution in [3.8, 4) is 0 Å². The lowest BCUT2D eigenvalue weighted by Gasteiger charge is -2.20. The van der Waals surface area contributed by atoms with Crippen molar-refractivity contribution in [2.45, 2.75) is 39.3 Å². The van der Waals surface area contributed by atoms with Crippen LogP contribution in [0.2, 0.25) is 0 Å². The molecule has 0 aliphatic carbocycles. The van der Waals surface area contributed by atoms with Crippen LogP contribution in [0.5, 0.6) is 0 Å². The van der Waals surface area contributed by atoms with Gasteiger partial charge in [0.2, 0.25) is 0 Å². The largest absolute Gasteiger partial charge is 0.447 e. The fourth-order valence-corrected chi connectivity index (χ4v) is 2.65. The molecular weight excluding hydrogens is 280 g/mol. The average molecular weight is 306 g/mol. The molecule has 2 unspecified atom stereocenters. The Morgan fingerprint density at radius 1 is 1.36 bits per heavy atom. The predicted octanol–water partition coefficient (Wildman–Crippen LogP) is 2.70. The van der Waals surface area contributed by atoms with E-state index < -0.39 is 0 Å². The number of aliphatic hydroxyl groups excluding tert-OH is 1. The van der Waals surface area contributed by atoms with E-state index in [2.05, 4.69) is 26.1 Å². The second-order valence-electron chi connectivity index (χ2n) is 6.27. The molecule has 22 heavy (non-hydrogen) atoms. The van der Waals surface area contributed by atoms with E-state index in [0.717, 1.165) is 17.7 Å². The second kappa shape index (κ2) is 7.61. The fraction of sp³-hybridized carbons (Fsp3) is 0.588. The first-order valence-electron chi connectivity index (χ1n) is 7.93. The van der Waals surface area contributed by atoms with Crippen LogP contribution in [0.1, 0.15) is 38.8 Å². The van der Waals surface area contributed by atoms with Crippen molar-refractivity contribution in [3.63, 3.8) is 0 Å². The predicted molar refractivity (Wildman–Crippen MR) is 87.0 cm³/mol. The smallest absolute Gasteiger partial charge is 0.414 e. The van der Waals surface area contributed by atoms with Gasteiger partial charge in [-0.25, -0.2) is 4.79 Å². The maximum absolute atomic E-state index is 11.6. The number of rotatable bonds is 7. The highest BCUT2D eigenvalue weighted by Crippen LogP contribution is 2.23. The average Bonchev–Trinajstić information content (AvgIpc) is 2.90. The molecule has 122 valence electrons. The maximum atomic E-state index is 11.6. The Bertz CT molecular complexity index is 504. The highest BCUT2D eigenvalue weighted by molar-refractivity contribution is 5.89. The van der Waals surface area contributed by atoms with Gasteiger partial charge in [0, 0.05) is 18.3 Å². The Morgan fingerprint density at radius 2 is 2.14 bits per heavy atom. The normalized spacial score (nSPS) is 17.7. The second-order valence-corrected chi connectivity index (χ2v) is 6.27. The van der Waals surface area contributed by atoms with Gasteiger partial charge in [-0.15, -0.1) is 0 Å². The third kappa shape index (κ3) is 4.45. The van der Waals surface area contributed by atoms with E-state index >= 15 is 0 Å². The van der Waals surface area contributed by atoms with E-state index in [1.807, 2.05) is 24.3 Å². The van der Waals surface area contributed by atoms with Crippen LogP contribution in [0, 0.1) is 5.92 Å². The summed E-state index contributed by atoms with van der Waals surface area (Å²) in [7, 11) is 0. The Morgan fingerprint density at radius 3 is 2.77 bits per heavy atom. The van der Waals surface area contributed by atoms with Crippen molar-refractivity contribution in [3.05, 3.63) is 29.8 Å². The number of benzene rings is 1. The third-order valence-electron chi connectivity index (χ3n) is 3.85. The van der Waals surface area contributed by atoms with Crippen LogP contribution < -0.4 is 10.2 Å². The Labute approximate surface area is 132 Å².